The minimum Gasteiger partial charge on any atom is -0.390 e. The highest BCUT2D eigenvalue weighted by Gasteiger charge is 2.26. The Morgan fingerprint density at radius 2 is 2.33 bits per heavy atom. The molecular weight excluding hydrogens is 236 g/mol. The third kappa shape index (κ3) is 2.55. The van der Waals surface area contributed by atoms with E-state index in [0.29, 0.717) is 5.95 Å². The van der Waals surface area contributed by atoms with E-state index in [1.165, 1.54) is 0 Å². The van der Waals surface area contributed by atoms with Crippen LogP contribution in [-0.4, -0.2) is 64.1 Å². The van der Waals surface area contributed by atoms with Gasteiger partial charge in [-0.3, -0.25) is 0 Å². The zero-order valence-electron chi connectivity index (χ0n) is 10.2. The first kappa shape index (κ1) is 12.3. The van der Waals surface area contributed by atoms with Crippen LogP contribution in [0.5, 0.6) is 0 Å². The van der Waals surface area contributed by atoms with Crippen molar-refractivity contribution in [3.05, 3.63) is 0 Å². The molecular formula is C9H16N8O. The molecule has 1 saturated heterocycles. The molecule has 0 saturated carbocycles. The molecule has 1 aliphatic heterocycles. The highest BCUT2D eigenvalue weighted by Crippen LogP contribution is 2.18. The minimum absolute atomic E-state index is 0.171. The smallest absolute Gasteiger partial charge is 0.344 e. The molecule has 1 aromatic rings. The fraction of sp³-hybridized carbons (Fsp3) is 0.667. The molecule has 1 aromatic heterocycles. The lowest BCUT2D eigenvalue weighted by molar-refractivity contribution is 0.189. The summed E-state index contributed by atoms with van der Waals surface area (Å²) in [4.78, 5) is 18.8. The third-order valence-corrected chi connectivity index (χ3v) is 3.12. The van der Waals surface area contributed by atoms with Crippen molar-refractivity contribution >= 4 is 18.3 Å². The Labute approximate surface area is 104 Å². The molecule has 0 spiro atoms. The predicted molar refractivity (Wildman–Crippen MR) is 65.3 cm³/mol. The highest BCUT2D eigenvalue weighted by molar-refractivity contribution is 5.82. The lowest BCUT2D eigenvalue weighted by Crippen LogP contribution is -2.45. The second kappa shape index (κ2) is 5.43. The number of H-pyrrole nitrogens is 1. The topological polar surface area (TPSA) is 116 Å². The number of rotatable bonds is 2. The molecule has 1 fully saturated rings. The number of piperidine rings is 1. The van der Waals surface area contributed by atoms with Crippen LogP contribution in [0, 0.1) is 0 Å². The third-order valence-electron chi connectivity index (χ3n) is 3.12. The quantitative estimate of drug-likeness (QED) is 0.526. The second-order valence-electron chi connectivity index (χ2n) is 4.10. The van der Waals surface area contributed by atoms with E-state index in [-0.39, 0.29) is 12.1 Å². The number of aromatic amines is 1. The van der Waals surface area contributed by atoms with Crippen LogP contribution in [-0.2, 0) is 0 Å². The van der Waals surface area contributed by atoms with Gasteiger partial charge in [-0.2, -0.15) is 10.2 Å². The number of tetrazole rings is 1. The summed E-state index contributed by atoms with van der Waals surface area (Å²) in [5.74, 6) is 0.599. The number of carbonyl (C=O) groups excluding carboxylic acids is 1. The SMILES string of the molecule is CN(C(=O)/N=C/N)C1CCN(c2nn[nH]n2)CC1. The van der Waals surface area contributed by atoms with Gasteiger partial charge < -0.3 is 15.5 Å². The van der Waals surface area contributed by atoms with Crippen molar-refractivity contribution in [3.63, 3.8) is 0 Å². The predicted octanol–water partition coefficient (Wildman–Crippen LogP) is -0.793. The van der Waals surface area contributed by atoms with Crippen molar-refractivity contribution in [1.82, 2.24) is 25.5 Å². The van der Waals surface area contributed by atoms with Crippen LogP contribution >= 0.6 is 0 Å². The van der Waals surface area contributed by atoms with Crippen LogP contribution in [0.3, 0.4) is 0 Å². The average molecular weight is 252 g/mol. The number of carbonyl (C=O) groups is 1. The van der Waals surface area contributed by atoms with Gasteiger partial charge in [-0.1, -0.05) is 5.10 Å². The molecule has 1 aliphatic rings. The van der Waals surface area contributed by atoms with E-state index in [0.717, 1.165) is 32.3 Å². The lowest BCUT2D eigenvalue weighted by Gasteiger charge is -2.35. The molecule has 98 valence electrons. The molecule has 2 amide bonds. The molecule has 0 aliphatic carbocycles. The molecule has 3 N–H and O–H groups in total. The maximum Gasteiger partial charge on any atom is 0.344 e. The Balaban J connectivity index is 1.88. The van der Waals surface area contributed by atoms with Crippen molar-refractivity contribution < 1.29 is 4.79 Å². The molecule has 18 heavy (non-hydrogen) atoms. The van der Waals surface area contributed by atoms with E-state index in [4.69, 9.17) is 5.73 Å². The molecule has 0 bridgehead atoms. The van der Waals surface area contributed by atoms with Gasteiger partial charge in [0.2, 0.25) is 0 Å². The minimum atomic E-state index is -0.310. The van der Waals surface area contributed by atoms with Gasteiger partial charge in [0.05, 0.1) is 6.34 Å². The van der Waals surface area contributed by atoms with Gasteiger partial charge in [-0.15, -0.1) is 5.10 Å². The summed E-state index contributed by atoms with van der Waals surface area (Å²) in [5.41, 5.74) is 5.11. The number of nitrogens with zero attached hydrogens (tertiary/aromatic N) is 6. The van der Waals surface area contributed by atoms with E-state index >= 15 is 0 Å². The van der Waals surface area contributed by atoms with Gasteiger partial charge in [0.15, 0.2) is 0 Å². The number of anilines is 1. The lowest BCUT2D eigenvalue weighted by atomic mass is 10.0. The summed E-state index contributed by atoms with van der Waals surface area (Å²) in [6.45, 7) is 1.57. The van der Waals surface area contributed by atoms with Crippen molar-refractivity contribution in [1.29, 1.82) is 0 Å². The maximum absolute atomic E-state index is 11.5. The summed E-state index contributed by atoms with van der Waals surface area (Å²) in [5, 5.41) is 13.8. The Morgan fingerprint density at radius 3 is 2.89 bits per heavy atom. The first-order valence-electron chi connectivity index (χ1n) is 5.72. The van der Waals surface area contributed by atoms with Crippen LogP contribution in [0.2, 0.25) is 0 Å². The Hall–Kier alpha value is -2.19. The van der Waals surface area contributed by atoms with Gasteiger partial charge in [-0.05, 0) is 18.1 Å². The number of aromatic nitrogens is 4. The molecule has 0 radical (unpaired) electrons. The maximum atomic E-state index is 11.5. The van der Waals surface area contributed by atoms with Gasteiger partial charge in [0.25, 0.3) is 5.95 Å². The number of hydrogen-bond acceptors (Lipinski definition) is 5. The summed E-state index contributed by atoms with van der Waals surface area (Å²) < 4.78 is 0. The van der Waals surface area contributed by atoms with Gasteiger partial charge in [0.1, 0.15) is 0 Å². The second-order valence-corrected chi connectivity index (χ2v) is 4.10. The number of nitrogens with one attached hydrogen (secondary N) is 1. The van der Waals surface area contributed by atoms with Gasteiger partial charge in [0, 0.05) is 26.2 Å². The zero-order valence-corrected chi connectivity index (χ0v) is 10.2. The Bertz CT molecular complexity index is 408. The van der Waals surface area contributed by atoms with E-state index in [2.05, 4.69) is 25.6 Å². The number of hydrogen-bond donors (Lipinski definition) is 2. The fourth-order valence-corrected chi connectivity index (χ4v) is 2.05. The van der Waals surface area contributed by atoms with E-state index in [1.54, 1.807) is 11.9 Å². The number of urea groups is 1. The van der Waals surface area contributed by atoms with E-state index < -0.39 is 0 Å². The Kier molecular flexibility index (Phi) is 3.70. The standard InChI is InChI=1S/C9H16N8O/c1-16(9(18)11-6-10)7-2-4-17(5-3-7)8-12-14-15-13-8/h6-7H,2-5H2,1H3,(H2,10,11,18)(H,12,13,14,15). The van der Waals surface area contributed by atoms with Crippen molar-refractivity contribution in [2.24, 2.45) is 10.7 Å². The first-order valence-corrected chi connectivity index (χ1v) is 5.72. The molecule has 0 atom stereocenters. The van der Waals surface area contributed by atoms with E-state index in [1.807, 2.05) is 4.90 Å². The number of amides is 2. The van der Waals surface area contributed by atoms with Crippen LogP contribution in [0.1, 0.15) is 12.8 Å². The summed E-state index contributed by atoms with van der Waals surface area (Å²) in [6.07, 6.45) is 2.71. The zero-order chi connectivity index (χ0) is 13.0. The highest BCUT2D eigenvalue weighted by atomic mass is 16.2. The first-order chi connectivity index (χ1) is 8.72. The summed E-state index contributed by atoms with van der Waals surface area (Å²) in [6, 6.07) is -0.139. The molecule has 9 nitrogen and oxygen atoms in total. The molecule has 2 rings (SSSR count). The normalized spacial score (nSPS) is 17.3. The summed E-state index contributed by atoms with van der Waals surface area (Å²) in [7, 11) is 1.74. The molecule has 0 unspecified atom stereocenters. The van der Waals surface area contributed by atoms with Crippen LogP contribution in [0.25, 0.3) is 0 Å². The van der Waals surface area contributed by atoms with Crippen molar-refractivity contribution in [2.45, 2.75) is 18.9 Å². The van der Waals surface area contributed by atoms with Crippen molar-refractivity contribution in [2.75, 3.05) is 25.0 Å². The molecule has 2 heterocycles. The van der Waals surface area contributed by atoms with Crippen LogP contribution in [0.15, 0.2) is 4.99 Å². The average Bonchev–Trinajstić information content (AvgIpc) is 2.92. The van der Waals surface area contributed by atoms with Gasteiger partial charge in [-0.25, -0.2) is 4.79 Å². The van der Waals surface area contributed by atoms with Crippen LogP contribution < -0.4 is 10.6 Å². The molecule has 9 heteroatoms. The van der Waals surface area contributed by atoms with E-state index in [9.17, 15) is 4.79 Å². The molecule has 0 aromatic carbocycles. The van der Waals surface area contributed by atoms with Crippen molar-refractivity contribution in [3.8, 4) is 0 Å². The number of aliphatic imine (C=N–C) groups is 1. The monoisotopic (exact) mass is 252 g/mol. The largest absolute Gasteiger partial charge is 0.390 e. The number of nitrogens with two attached hydrogens (primary N) is 1. The fourth-order valence-electron chi connectivity index (χ4n) is 2.05. The van der Waals surface area contributed by atoms with Gasteiger partial charge >= 0.3 is 6.03 Å². The summed E-state index contributed by atoms with van der Waals surface area (Å²) >= 11 is 0. The Morgan fingerprint density at radius 1 is 1.61 bits per heavy atom. The van der Waals surface area contributed by atoms with Crippen LogP contribution in [0.4, 0.5) is 10.7 Å².